The van der Waals surface area contributed by atoms with E-state index in [1.165, 1.54) is 18.2 Å². The first-order valence-electron chi connectivity index (χ1n) is 7.18. The van der Waals surface area contributed by atoms with Gasteiger partial charge in [0.05, 0.1) is 0 Å². The van der Waals surface area contributed by atoms with Crippen molar-refractivity contribution in [3.63, 3.8) is 0 Å². The number of aliphatic hydroxyl groups is 1. The number of allylic oxidation sites excluding steroid dienone is 5. The lowest BCUT2D eigenvalue weighted by molar-refractivity contribution is -0.377. The maximum atomic E-state index is 10.7. The third-order valence-corrected chi connectivity index (χ3v) is 3.39. The molecule has 6 heteroatoms. The molecule has 0 saturated carbocycles. The molecule has 1 aliphatic rings. The summed E-state index contributed by atoms with van der Waals surface area (Å²) in [5.74, 6) is 1.09. The Hall–Kier alpha value is -3.41. The first kappa shape index (κ1) is 15.5. The molecule has 0 aliphatic heterocycles. The molecule has 122 valence electrons. The molecule has 1 N–H and O–H groups in total. The Morgan fingerprint density at radius 3 is 2.42 bits per heavy atom. The molecule has 6 nitrogen and oxygen atoms in total. The number of hydrogen-bond donors (Lipinski definition) is 1. The van der Waals surface area contributed by atoms with Crippen LogP contribution < -0.4 is 10.8 Å². The second-order valence-electron chi connectivity index (χ2n) is 5.13. The number of nitrogens with zero attached hydrogens (tertiary/aromatic N) is 1. The minimum Gasteiger partial charge on any atom is -0.612 e. The molecule has 0 radical (unpaired) electrons. The van der Waals surface area contributed by atoms with Crippen LogP contribution in [-0.4, -0.2) is 15.7 Å². The Kier molecular flexibility index (Phi) is 4.11. The Bertz CT molecular complexity index is 976. The Morgan fingerprint density at radius 2 is 1.79 bits per heavy atom. The fourth-order valence-corrected chi connectivity index (χ4v) is 2.16. The zero-order valence-electron chi connectivity index (χ0n) is 12.8. The second-order valence-corrected chi connectivity index (χ2v) is 5.13. The first-order valence-corrected chi connectivity index (χ1v) is 7.18. The quantitative estimate of drug-likeness (QED) is 0.519. The van der Waals surface area contributed by atoms with E-state index < -0.39 is 4.90 Å². The maximum absolute atomic E-state index is 10.7. The van der Waals surface area contributed by atoms with Crippen molar-refractivity contribution in [3.8, 4) is 0 Å². The van der Waals surface area contributed by atoms with Crippen LogP contribution in [-0.2, 0) is 0 Å². The van der Waals surface area contributed by atoms with Gasteiger partial charge in [0.25, 0.3) is 0 Å². The van der Waals surface area contributed by atoms with Gasteiger partial charge in [-0.25, -0.2) is 0 Å². The zero-order chi connectivity index (χ0) is 17.1. The lowest BCUT2D eigenvalue weighted by atomic mass is 10.1. The predicted octanol–water partition coefficient (Wildman–Crippen LogP) is 2.29. The topological polar surface area (TPSA) is 95.6 Å². The van der Waals surface area contributed by atoms with Crippen molar-refractivity contribution >= 4 is 23.1 Å². The van der Waals surface area contributed by atoms with Crippen LogP contribution in [0.15, 0.2) is 63.5 Å². The summed E-state index contributed by atoms with van der Waals surface area (Å²) in [6.07, 6.45) is 9.19. The third kappa shape index (κ3) is 3.33. The molecular formula is C18H14NO5-. The second kappa shape index (κ2) is 6.37. The molecular weight excluding hydrogens is 310 g/mol. The van der Waals surface area contributed by atoms with E-state index in [2.05, 4.69) is 0 Å². The fourth-order valence-electron chi connectivity index (χ4n) is 2.16. The molecule has 0 bridgehead atoms. The average Bonchev–Trinajstić information content (AvgIpc) is 3.22. The van der Waals surface area contributed by atoms with Gasteiger partial charge in [0.1, 0.15) is 16.6 Å². The van der Waals surface area contributed by atoms with Crippen LogP contribution in [0.4, 0.5) is 0 Å². The van der Waals surface area contributed by atoms with E-state index in [9.17, 15) is 15.5 Å². The summed E-state index contributed by atoms with van der Waals surface area (Å²) in [6.45, 7) is 1.80. The van der Waals surface area contributed by atoms with Gasteiger partial charge in [-0.2, -0.15) is 4.90 Å². The molecule has 1 aliphatic carbocycles. The van der Waals surface area contributed by atoms with Crippen molar-refractivity contribution in [2.75, 3.05) is 0 Å². The van der Waals surface area contributed by atoms with E-state index in [-0.39, 0.29) is 11.5 Å². The maximum Gasteiger partial charge on any atom is 0.222 e. The van der Waals surface area contributed by atoms with Crippen LogP contribution in [0.3, 0.4) is 0 Å². The predicted molar refractivity (Wildman–Crippen MR) is 90.2 cm³/mol. The number of furan rings is 2. The molecule has 0 spiro atoms. The molecule has 0 saturated heterocycles. The van der Waals surface area contributed by atoms with Crippen LogP contribution in [0, 0.1) is 17.3 Å². The van der Waals surface area contributed by atoms with Crippen LogP contribution in [0.25, 0.3) is 17.4 Å². The highest BCUT2D eigenvalue weighted by atomic mass is 16.8. The van der Waals surface area contributed by atoms with E-state index >= 15 is 0 Å². The van der Waals surface area contributed by atoms with E-state index in [1.54, 1.807) is 49.4 Å². The van der Waals surface area contributed by atoms with Crippen molar-refractivity contribution in [3.05, 3.63) is 87.4 Å². The van der Waals surface area contributed by atoms with Gasteiger partial charge in [-0.15, -0.1) is 0 Å². The molecule has 2 heterocycles. The Morgan fingerprint density at radius 1 is 1.04 bits per heavy atom. The molecule has 2 aromatic rings. The van der Waals surface area contributed by atoms with Crippen molar-refractivity contribution < 1.29 is 18.8 Å². The number of rotatable bonds is 2. The smallest absolute Gasteiger partial charge is 0.222 e. The van der Waals surface area contributed by atoms with Gasteiger partial charge in [0.2, 0.25) is 5.71 Å². The van der Waals surface area contributed by atoms with Crippen molar-refractivity contribution in [1.82, 2.24) is 0 Å². The highest BCUT2D eigenvalue weighted by Gasteiger charge is 2.05. The highest BCUT2D eigenvalue weighted by Crippen LogP contribution is 2.14. The number of aryl methyl sites for hydroxylation is 1. The van der Waals surface area contributed by atoms with Crippen LogP contribution in [0.1, 0.15) is 11.5 Å². The van der Waals surface area contributed by atoms with E-state index in [0.29, 0.717) is 22.4 Å². The van der Waals surface area contributed by atoms with Gasteiger partial charge in [0.15, 0.2) is 11.5 Å². The van der Waals surface area contributed by atoms with Crippen LogP contribution in [0.5, 0.6) is 0 Å². The number of aliphatic hydroxyl groups excluding tert-OH is 1. The molecule has 2 aromatic heterocycles. The lowest BCUT2D eigenvalue weighted by Gasteiger charge is -2.07. The molecule has 3 rings (SSSR count). The summed E-state index contributed by atoms with van der Waals surface area (Å²) in [5.41, 5.74) is 1.88. The van der Waals surface area contributed by atoms with E-state index in [1.807, 2.05) is 0 Å². The SMILES string of the molecule is Cc1ccc(C(O)=CC=c2ccc(=C3C=CC(=[N+]([O-])[O-])C=C3)o2)o1. The van der Waals surface area contributed by atoms with Gasteiger partial charge in [-0.05, 0) is 55.5 Å². The summed E-state index contributed by atoms with van der Waals surface area (Å²) in [5, 5.41) is 31.3. The van der Waals surface area contributed by atoms with Crippen molar-refractivity contribution in [2.45, 2.75) is 6.92 Å². The standard InChI is InChI=1S/C18H14NO5/c1-12-2-10-18(23-12)16(20)9-7-15-8-11-17(24-15)13-3-5-14(6-4-13)19(21)22/h2-11H,1H3,(H-,20,21,22)/q-1. The van der Waals surface area contributed by atoms with E-state index in [0.717, 1.165) is 5.57 Å². The van der Waals surface area contributed by atoms with E-state index in [4.69, 9.17) is 8.83 Å². The van der Waals surface area contributed by atoms with Gasteiger partial charge >= 0.3 is 0 Å². The minimum atomic E-state index is -0.449. The first-order chi connectivity index (χ1) is 11.5. The summed E-state index contributed by atoms with van der Waals surface area (Å²) in [4.78, 5) is -0.449. The van der Waals surface area contributed by atoms with Gasteiger partial charge in [-0.1, -0.05) is 0 Å². The summed E-state index contributed by atoms with van der Waals surface area (Å²) in [7, 11) is 0. The normalized spacial score (nSPS) is 15.4. The van der Waals surface area contributed by atoms with Gasteiger partial charge < -0.3 is 24.4 Å². The summed E-state index contributed by atoms with van der Waals surface area (Å²) < 4.78 is 11.0. The number of hydrogen-bond acceptors (Lipinski definition) is 5. The van der Waals surface area contributed by atoms with Gasteiger partial charge in [0, 0.05) is 17.7 Å². The van der Waals surface area contributed by atoms with Crippen molar-refractivity contribution in [2.24, 2.45) is 0 Å². The zero-order valence-corrected chi connectivity index (χ0v) is 12.8. The molecule has 0 amide bonds. The van der Waals surface area contributed by atoms with Crippen molar-refractivity contribution in [1.29, 1.82) is 0 Å². The largest absolute Gasteiger partial charge is 0.612 e. The highest BCUT2D eigenvalue weighted by molar-refractivity contribution is 6.05. The molecule has 0 fully saturated rings. The molecule has 0 aromatic carbocycles. The minimum absolute atomic E-state index is 0.00335. The monoisotopic (exact) mass is 324 g/mol. The van der Waals surface area contributed by atoms with Gasteiger partial charge in [-0.3, -0.25) is 0 Å². The molecule has 0 atom stereocenters. The summed E-state index contributed by atoms with van der Waals surface area (Å²) >= 11 is 0. The summed E-state index contributed by atoms with van der Waals surface area (Å²) in [6, 6.07) is 6.95. The van der Waals surface area contributed by atoms with Crippen LogP contribution >= 0.6 is 0 Å². The fraction of sp³-hybridized carbons (Fsp3) is 0.0556. The lowest BCUT2D eigenvalue weighted by Crippen LogP contribution is -2.09. The Labute approximate surface area is 137 Å². The van der Waals surface area contributed by atoms with Crippen LogP contribution in [0.2, 0.25) is 0 Å². The third-order valence-electron chi connectivity index (χ3n) is 3.39. The molecule has 24 heavy (non-hydrogen) atoms. The molecule has 0 unspecified atom stereocenters. The Balaban J connectivity index is 1.89. The average molecular weight is 324 g/mol.